The summed E-state index contributed by atoms with van der Waals surface area (Å²) in [5, 5.41) is 0. The number of hydrogen-bond donors (Lipinski definition) is 0. The van der Waals surface area contributed by atoms with E-state index in [0.717, 1.165) is 22.3 Å². The molecule has 0 bridgehead atoms. The normalized spacial score (nSPS) is 13.4. The van der Waals surface area contributed by atoms with Gasteiger partial charge in [0, 0.05) is 15.5 Å². The SMILES string of the molecule is Cc1cc(F)c(-n2c(C)c(C)sc2=NCCC(F)(F)F)cc1SCC(F)(F)F. The number of nitrogens with zero attached hydrogens (tertiary/aromatic N) is 2. The number of benzene rings is 1. The van der Waals surface area contributed by atoms with Gasteiger partial charge in [-0.1, -0.05) is 0 Å². The van der Waals surface area contributed by atoms with E-state index in [-0.39, 0.29) is 15.4 Å². The van der Waals surface area contributed by atoms with Crippen molar-refractivity contribution in [3.63, 3.8) is 0 Å². The van der Waals surface area contributed by atoms with Crippen LogP contribution < -0.4 is 4.80 Å². The van der Waals surface area contributed by atoms with Gasteiger partial charge in [0.25, 0.3) is 0 Å². The van der Waals surface area contributed by atoms with Crippen LogP contribution in [0.5, 0.6) is 0 Å². The highest BCUT2D eigenvalue weighted by Crippen LogP contribution is 2.32. The molecular formula is C17H17F7N2S2. The van der Waals surface area contributed by atoms with Gasteiger partial charge in [-0.15, -0.1) is 23.1 Å². The fourth-order valence-corrected chi connectivity index (χ4v) is 4.15. The maximum absolute atomic E-state index is 14.6. The Morgan fingerprint density at radius 1 is 1.04 bits per heavy atom. The molecule has 0 aliphatic rings. The van der Waals surface area contributed by atoms with E-state index >= 15 is 0 Å². The average molecular weight is 446 g/mol. The predicted molar refractivity (Wildman–Crippen MR) is 95.7 cm³/mol. The van der Waals surface area contributed by atoms with E-state index < -0.39 is 36.9 Å². The van der Waals surface area contributed by atoms with Gasteiger partial charge in [-0.05, 0) is 38.5 Å². The Morgan fingerprint density at radius 2 is 1.68 bits per heavy atom. The summed E-state index contributed by atoms with van der Waals surface area (Å²) < 4.78 is 90.7. The number of thiazole rings is 1. The molecule has 0 N–H and O–H groups in total. The molecule has 0 unspecified atom stereocenters. The Morgan fingerprint density at radius 3 is 2.25 bits per heavy atom. The summed E-state index contributed by atoms with van der Waals surface area (Å²) in [6, 6.07) is 2.40. The van der Waals surface area contributed by atoms with E-state index in [1.807, 2.05) is 0 Å². The first-order chi connectivity index (χ1) is 12.8. The molecule has 0 saturated carbocycles. The minimum Gasteiger partial charge on any atom is -0.287 e. The lowest BCUT2D eigenvalue weighted by molar-refractivity contribution is -0.132. The molecule has 2 nitrogen and oxygen atoms in total. The van der Waals surface area contributed by atoms with Crippen LogP contribution in [0.3, 0.4) is 0 Å². The third-order valence-corrected chi connectivity index (χ3v) is 6.12. The smallest absolute Gasteiger partial charge is 0.287 e. The second-order valence-electron chi connectivity index (χ2n) is 6.08. The third kappa shape index (κ3) is 6.00. The van der Waals surface area contributed by atoms with Crippen LogP contribution in [0.1, 0.15) is 22.6 Å². The lowest BCUT2D eigenvalue weighted by atomic mass is 10.2. The maximum atomic E-state index is 14.6. The van der Waals surface area contributed by atoms with Crippen molar-refractivity contribution in [1.29, 1.82) is 0 Å². The summed E-state index contributed by atoms with van der Waals surface area (Å²) in [7, 11) is 0. The van der Waals surface area contributed by atoms with Crippen LogP contribution in [-0.4, -0.2) is 29.2 Å². The maximum Gasteiger partial charge on any atom is 0.398 e. The van der Waals surface area contributed by atoms with Crippen LogP contribution >= 0.6 is 23.1 Å². The van der Waals surface area contributed by atoms with E-state index in [4.69, 9.17) is 0 Å². The molecule has 0 aliphatic carbocycles. The molecule has 2 aromatic rings. The van der Waals surface area contributed by atoms with Crippen LogP contribution in [0.25, 0.3) is 5.69 Å². The molecule has 1 aromatic carbocycles. The molecule has 1 heterocycles. The number of aromatic nitrogens is 1. The Kier molecular flexibility index (Phi) is 6.90. The van der Waals surface area contributed by atoms with Gasteiger partial charge in [-0.3, -0.25) is 9.56 Å². The van der Waals surface area contributed by atoms with Crippen molar-refractivity contribution < 1.29 is 30.7 Å². The zero-order chi connectivity index (χ0) is 21.3. The van der Waals surface area contributed by atoms with E-state index in [1.165, 1.54) is 17.6 Å². The predicted octanol–water partition coefficient (Wildman–Crippen LogP) is 6.11. The first-order valence-corrected chi connectivity index (χ1v) is 9.85. The highest BCUT2D eigenvalue weighted by atomic mass is 32.2. The van der Waals surface area contributed by atoms with Crippen LogP contribution in [0.15, 0.2) is 22.0 Å². The van der Waals surface area contributed by atoms with Crippen molar-refractivity contribution in [1.82, 2.24) is 4.57 Å². The summed E-state index contributed by atoms with van der Waals surface area (Å²) in [6.07, 6.45) is -9.87. The van der Waals surface area contributed by atoms with Gasteiger partial charge in [0.1, 0.15) is 5.82 Å². The molecule has 0 saturated heterocycles. The number of hydrogen-bond acceptors (Lipinski definition) is 3. The minimum atomic E-state index is -4.38. The molecule has 28 heavy (non-hydrogen) atoms. The molecule has 2 rings (SSSR count). The highest BCUT2D eigenvalue weighted by molar-refractivity contribution is 7.99. The summed E-state index contributed by atoms with van der Waals surface area (Å²) in [5.41, 5.74) is 0.865. The van der Waals surface area contributed by atoms with Crippen LogP contribution in [0.4, 0.5) is 30.7 Å². The van der Waals surface area contributed by atoms with Crippen molar-refractivity contribution in [2.24, 2.45) is 4.99 Å². The minimum absolute atomic E-state index is 0.0390. The van der Waals surface area contributed by atoms with Gasteiger partial charge in [0.15, 0.2) is 4.80 Å². The molecule has 1 aromatic heterocycles. The highest BCUT2D eigenvalue weighted by Gasteiger charge is 2.28. The molecule has 0 radical (unpaired) electrons. The topological polar surface area (TPSA) is 17.3 Å². The monoisotopic (exact) mass is 446 g/mol. The fraction of sp³-hybridized carbons (Fsp3) is 0.471. The quantitative estimate of drug-likeness (QED) is 0.400. The fourth-order valence-electron chi connectivity index (χ4n) is 2.35. The standard InChI is InChI=1S/C17H17F7N2S2/c1-9-6-12(18)13(7-14(9)27-8-17(22,23)24)26-10(2)11(3)28-15(26)25-5-4-16(19,20)21/h6-7H,4-5,8H2,1-3H3. The number of alkyl halides is 6. The van der Waals surface area contributed by atoms with Crippen molar-refractivity contribution >= 4 is 23.1 Å². The Bertz CT molecular complexity index is 908. The first kappa shape index (κ1) is 22.8. The second kappa shape index (κ2) is 8.48. The molecule has 0 amide bonds. The summed E-state index contributed by atoms with van der Waals surface area (Å²) in [5.74, 6) is -1.82. The summed E-state index contributed by atoms with van der Waals surface area (Å²) in [4.78, 5) is 5.06. The van der Waals surface area contributed by atoms with Crippen LogP contribution in [0, 0.1) is 26.6 Å². The largest absolute Gasteiger partial charge is 0.398 e. The molecular weight excluding hydrogens is 429 g/mol. The Labute approximate surface area is 165 Å². The van der Waals surface area contributed by atoms with Gasteiger partial charge in [0.2, 0.25) is 0 Å². The van der Waals surface area contributed by atoms with Crippen LogP contribution in [0.2, 0.25) is 0 Å². The van der Waals surface area contributed by atoms with E-state index in [1.54, 1.807) is 13.8 Å². The van der Waals surface area contributed by atoms with Gasteiger partial charge in [-0.2, -0.15) is 26.3 Å². The van der Waals surface area contributed by atoms with Gasteiger partial charge < -0.3 is 0 Å². The first-order valence-electron chi connectivity index (χ1n) is 8.05. The summed E-state index contributed by atoms with van der Waals surface area (Å²) in [6.45, 7) is 4.34. The molecule has 0 aliphatic heterocycles. The number of thioether (sulfide) groups is 1. The molecule has 0 atom stereocenters. The molecule has 0 spiro atoms. The lowest BCUT2D eigenvalue weighted by Crippen LogP contribution is -2.18. The Hall–Kier alpha value is -1.49. The van der Waals surface area contributed by atoms with Crippen molar-refractivity contribution in [3.05, 3.63) is 38.9 Å². The van der Waals surface area contributed by atoms with Crippen molar-refractivity contribution in [2.75, 3.05) is 12.3 Å². The zero-order valence-electron chi connectivity index (χ0n) is 15.1. The molecule has 0 fully saturated rings. The number of halogens is 7. The van der Waals surface area contributed by atoms with E-state index in [0.29, 0.717) is 23.0 Å². The van der Waals surface area contributed by atoms with Gasteiger partial charge in [-0.25, -0.2) is 4.39 Å². The second-order valence-corrected chi connectivity index (χ2v) is 8.28. The average Bonchev–Trinajstić information content (AvgIpc) is 2.79. The van der Waals surface area contributed by atoms with Crippen molar-refractivity contribution in [3.8, 4) is 5.69 Å². The number of rotatable bonds is 5. The zero-order valence-corrected chi connectivity index (χ0v) is 16.8. The van der Waals surface area contributed by atoms with E-state index in [9.17, 15) is 30.7 Å². The molecule has 156 valence electrons. The number of aryl methyl sites for hydroxylation is 2. The van der Waals surface area contributed by atoms with Gasteiger partial charge >= 0.3 is 12.4 Å². The van der Waals surface area contributed by atoms with Crippen molar-refractivity contribution in [2.45, 2.75) is 44.4 Å². The lowest BCUT2D eigenvalue weighted by Gasteiger charge is -2.13. The van der Waals surface area contributed by atoms with E-state index in [2.05, 4.69) is 4.99 Å². The summed E-state index contributed by atoms with van der Waals surface area (Å²) >= 11 is 1.63. The van der Waals surface area contributed by atoms with Gasteiger partial charge in [0.05, 0.1) is 24.4 Å². The van der Waals surface area contributed by atoms with Crippen LogP contribution in [-0.2, 0) is 0 Å². The Balaban J connectivity index is 2.51. The third-order valence-electron chi connectivity index (χ3n) is 3.80. The molecule has 11 heteroatoms.